The van der Waals surface area contributed by atoms with Crippen molar-refractivity contribution in [3.63, 3.8) is 0 Å². The third kappa shape index (κ3) is 5.55. The van der Waals surface area contributed by atoms with Crippen molar-refractivity contribution in [2.75, 3.05) is 12.9 Å². The average Bonchev–Trinajstić information content (AvgIpc) is 2.35. The highest BCUT2D eigenvalue weighted by Crippen LogP contribution is 2.25. The minimum absolute atomic E-state index is 0.645. The van der Waals surface area contributed by atoms with Crippen molar-refractivity contribution in [3.8, 4) is 5.75 Å². The maximum atomic E-state index is 5.53. The first-order valence-corrected chi connectivity index (χ1v) is 8.39. The van der Waals surface area contributed by atoms with Gasteiger partial charge in [-0.3, -0.25) is 0 Å². The third-order valence-electron chi connectivity index (χ3n) is 2.39. The molecule has 18 heavy (non-hydrogen) atoms. The fourth-order valence-electron chi connectivity index (χ4n) is 1.49. The summed E-state index contributed by atoms with van der Waals surface area (Å²) in [5, 5.41) is 0.645. The Morgan fingerprint density at radius 3 is 2.61 bits per heavy atom. The van der Waals surface area contributed by atoms with Crippen molar-refractivity contribution >= 4 is 23.8 Å². The first-order chi connectivity index (χ1) is 8.67. The van der Waals surface area contributed by atoms with E-state index in [0.29, 0.717) is 11.9 Å². The highest BCUT2D eigenvalue weighted by atomic mass is 32.2. The monoisotopic (exact) mass is 286 g/mol. The molecule has 0 bridgehead atoms. The van der Waals surface area contributed by atoms with Gasteiger partial charge in [0.05, 0.1) is 18.6 Å². The summed E-state index contributed by atoms with van der Waals surface area (Å²) in [4.78, 5) is 0. The molecular formula is C14H22O2S2. The van der Waals surface area contributed by atoms with E-state index in [-0.39, 0.29) is 0 Å². The lowest BCUT2D eigenvalue weighted by molar-refractivity contribution is 0.133. The summed E-state index contributed by atoms with van der Waals surface area (Å²) in [6.45, 7) is 7.86. The number of ether oxygens (including phenoxy) is 1. The lowest BCUT2D eigenvalue weighted by Gasteiger charge is -2.12. The first kappa shape index (κ1) is 15.7. The number of hydrogen-bond acceptors (Lipinski definition) is 4. The number of benzene rings is 1. The van der Waals surface area contributed by atoms with Gasteiger partial charge in [0.2, 0.25) is 0 Å². The number of rotatable bonds is 8. The van der Waals surface area contributed by atoms with Crippen LogP contribution in [0.1, 0.15) is 31.9 Å². The van der Waals surface area contributed by atoms with Gasteiger partial charge in [0.25, 0.3) is 0 Å². The fourth-order valence-corrected chi connectivity index (χ4v) is 2.58. The van der Waals surface area contributed by atoms with Crippen LogP contribution in [0.25, 0.3) is 0 Å². The minimum Gasteiger partial charge on any atom is -0.426 e. The van der Waals surface area contributed by atoms with Crippen LogP contribution in [0.5, 0.6) is 5.75 Å². The van der Waals surface area contributed by atoms with E-state index in [1.807, 2.05) is 31.0 Å². The summed E-state index contributed by atoms with van der Waals surface area (Å²) in [7, 11) is 0. The lowest BCUT2D eigenvalue weighted by atomic mass is 10.1. The topological polar surface area (TPSA) is 18.5 Å². The quantitative estimate of drug-likeness (QED) is 0.654. The zero-order chi connectivity index (χ0) is 13.4. The second-order valence-corrected chi connectivity index (χ2v) is 6.24. The highest BCUT2D eigenvalue weighted by molar-refractivity contribution is 7.99. The molecule has 0 N–H and O–H groups in total. The molecule has 0 saturated heterocycles. The van der Waals surface area contributed by atoms with E-state index in [9.17, 15) is 0 Å². The molecule has 0 aliphatic rings. The van der Waals surface area contributed by atoms with E-state index in [1.165, 1.54) is 23.2 Å². The SMILES string of the molecule is CCOCc1cc(OSC)ccc1CSC(C)C. The second-order valence-electron chi connectivity index (χ2n) is 4.18. The summed E-state index contributed by atoms with van der Waals surface area (Å²) in [5.41, 5.74) is 2.58. The average molecular weight is 286 g/mol. The maximum absolute atomic E-state index is 5.53. The van der Waals surface area contributed by atoms with Gasteiger partial charge in [-0.15, -0.1) is 0 Å². The van der Waals surface area contributed by atoms with Crippen LogP contribution < -0.4 is 4.18 Å². The highest BCUT2D eigenvalue weighted by Gasteiger charge is 2.06. The lowest BCUT2D eigenvalue weighted by Crippen LogP contribution is -1.99. The summed E-state index contributed by atoms with van der Waals surface area (Å²) < 4.78 is 11.0. The Balaban J connectivity index is 2.78. The number of thioether (sulfide) groups is 1. The molecule has 0 amide bonds. The van der Waals surface area contributed by atoms with Gasteiger partial charge in [-0.2, -0.15) is 11.8 Å². The van der Waals surface area contributed by atoms with Crippen molar-refractivity contribution in [1.82, 2.24) is 0 Å². The molecule has 0 saturated carbocycles. The maximum Gasteiger partial charge on any atom is 0.137 e. The Kier molecular flexibility index (Phi) is 7.63. The fraction of sp³-hybridized carbons (Fsp3) is 0.571. The zero-order valence-corrected chi connectivity index (χ0v) is 13.2. The predicted octanol–water partition coefficient (Wildman–Crippen LogP) is 4.52. The molecule has 102 valence electrons. The van der Waals surface area contributed by atoms with Crippen molar-refractivity contribution in [2.45, 2.75) is 38.4 Å². The van der Waals surface area contributed by atoms with E-state index in [4.69, 9.17) is 8.92 Å². The Bertz CT molecular complexity index is 354. The van der Waals surface area contributed by atoms with Gasteiger partial charge in [0.15, 0.2) is 0 Å². The van der Waals surface area contributed by atoms with Gasteiger partial charge >= 0.3 is 0 Å². The van der Waals surface area contributed by atoms with Gasteiger partial charge in [-0.25, -0.2) is 0 Å². The second kappa shape index (κ2) is 8.73. The molecule has 0 aliphatic heterocycles. The standard InChI is InChI=1S/C14H22O2S2/c1-5-15-9-13-8-14(16-17-4)7-6-12(13)10-18-11(2)3/h6-8,11H,5,9-10H2,1-4H3. The molecule has 0 aliphatic carbocycles. The van der Waals surface area contributed by atoms with Crippen LogP contribution in [0.15, 0.2) is 18.2 Å². The molecular weight excluding hydrogens is 264 g/mol. The number of hydrogen-bond donors (Lipinski definition) is 0. The van der Waals surface area contributed by atoms with E-state index >= 15 is 0 Å². The van der Waals surface area contributed by atoms with Gasteiger partial charge < -0.3 is 8.92 Å². The molecule has 0 atom stereocenters. The minimum atomic E-state index is 0.645. The van der Waals surface area contributed by atoms with E-state index in [2.05, 4.69) is 26.0 Å². The van der Waals surface area contributed by atoms with Gasteiger partial charge in [0, 0.05) is 18.6 Å². The molecule has 0 unspecified atom stereocenters. The smallest absolute Gasteiger partial charge is 0.137 e. The predicted molar refractivity (Wildman–Crippen MR) is 82.3 cm³/mol. The van der Waals surface area contributed by atoms with Crippen LogP contribution in [-0.4, -0.2) is 18.1 Å². The third-order valence-corrected chi connectivity index (χ3v) is 3.89. The van der Waals surface area contributed by atoms with Gasteiger partial charge in [-0.1, -0.05) is 19.9 Å². The summed E-state index contributed by atoms with van der Waals surface area (Å²) in [6, 6.07) is 6.26. The molecule has 2 nitrogen and oxygen atoms in total. The molecule has 1 aromatic carbocycles. The van der Waals surface area contributed by atoms with Gasteiger partial charge in [0.1, 0.15) is 5.75 Å². The zero-order valence-electron chi connectivity index (χ0n) is 11.6. The molecule has 0 heterocycles. The van der Waals surface area contributed by atoms with Crippen LogP contribution >= 0.6 is 23.8 Å². The van der Waals surface area contributed by atoms with Crippen LogP contribution in [0, 0.1) is 0 Å². The Morgan fingerprint density at radius 1 is 1.22 bits per heavy atom. The van der Waals surface area contributed by atoms with Crippen molar-refractivity contribution < 1.29 is 8.92 Å². The van der Waals surface area contributed by atoms with Crippen molar-refractivity contribution in [2.24, 2.45) is 0 Å². The van der Waals surface area contributed by atoms with Crippen LogP contribution in [0.2, 0.25) is 0 Å². The molecule has 0 fully saturated rings. The molecule has 0 spiro atoms. The Hall–Kier alpha value is -0.320. The van der Waals surface area contributed by atoms with E-state index < -0.39 is 0 Å². The molecule has 0 radical (unpaired) electrons. The van der Waals surface area contributed by atoms with Crippen LogP contribution in [0.3, 0.4) is 0 Å². The molecule has 1 aromatic rings. The van der Waals surface area contributed by atoms with Crippen molar-refractivity contribution in [3.05, 3.63) is 29.3 Å². The normalized spacial score (nSPS) is 10.9. The van der Waals surface area contributed by atoms with Crippen molar-refractivity contribution in [1.29, 1.82) is 0 Å². The van der Waals surface area contributed by atoms with E-state index in [1.54, 1.807) is 0 Å². The Labute approximate surface area is 119 Å². The summed E-state index contributed by atoms with van der Waals surface area (Å²) >= 11 is 3.31. The first-order valence-electron chi connectivity index (χ1n) is 6.19. The van der Waals surface area contributed by atoms with Crippen LogP contribution in [0.4, 0.5) is 0 Å². The van der Waals surface area contributed by atoms with Gasteiger partial charge in [-0.05, 0) is 35.4 Å². The van der Waals surface area contributed by atoms with E-state index in [0.717, 1.165) is 18.1 Å². The molecule has 0 aromatic heterocycles. The summed E-state index contributed by atoms with van der Waals surface area (Å²) in [6.07, 6.45) is 1.92. The largest absolute Gasteiger partial charge is 0.426 e. The molecule has 1 rings (SSSR count). The molecule has 4 heteroatoms. The Morgan fingerprint density at radius 2 is 2.00 bits per heavy atom. The summed E-state index contributed by atoms with van der Waals surface area (Å²) in [5.74, 6) is 1.93. The van der Waals surface area contributed by atoms with Crippen LogP contribution in [-0.2, 0) is 17.1 Å².